The third-order valence-corrected chi connectivity index (χ3v) is 3.36. The zero-order valence-corrected chi connectivity index (χ0v) is 9.50. The molecule has 0 spiro atoms. The van der Waals surface area contributed by atoms with Crippen LogP contribution in [0.1, 0.15) is 32.6 Å². The molecule has 2 atom stereocenters. The Balaban J connectivity index is 2.22. The van der Waals surface area contributed by atoms with Crippen LogP contribution in [0.15, 0.2) is 0 Å². The Morgan fingerprint density at radius 3 is 2.93 bits per heavy atom. The predicted octanol–water partition coefficient (Wildman–Crippen LogP) is 0.831. The van der Waals surface area contributed by atoms with Crippen LogP contribution in [0.2, 0.25) is 0 Å². The number of hydrogen-bond donors (Lipinski definition) is 2. The molecule has 3 nitrogen and oxygen atoms in total. The van der Waals surface area contributed by atoms with Gasteiger partial charge in [0, 0.05) is 12.1 Å². The molecule has 1 saturated heterocycles. The van der Waals surface area contributed by atoms with Gasteiger partial charge in [0.2, 0.25) is 0 Å². The van der Waals surface area contributed by atoms with Crippen LogP contribution < -0.4 is 5.32 Å². The van der Waals surface area contributed by atoms with E-state index in [1.54, 1.807) is 0 Å². The first-order valence-corrected chi connectivity index (χ1v) is 5.84. The van der Waals surface area contributed by atoms with Crippen molar-refractivity contribution in [3.8, 4) is 0 Å². The number of nitrogens with zero attached hydrogens (tertiary/aromatic N) is 1. The first-order chi connectivity index (χ1) is 6.81. The van der Waals surface area contributed by atoms with Gasteiger partial charge in [0.05, 0.1) is 6.61 Å². The van der Waals surface area contributed by atoms with Gasteiger partial charge in [-0.1, -0.05) is 6.92 Å². The lowest BCUT2D eigenvalue weighted by Crippen LogP contribution is -2.36. The summed E-state index contributed by atoms with van der Waals surface area (Å²) in [5, 5.41) is 12.2. The minimum atomic E-state index is 0.251. The molecule has 0 amide bonds. The van der Waals surface area contributed by atoms with Crippen LogP contribution in [0.5, 0.6) is 0 Å². The van der Waals surface area contributed by atoms with E-state index < -0.39 is 0 Å². The first-order valence-electron chi connectivity index (χ1n) is 5.84. The van der Waals surface area contributed by atoms with Crippen LogP contribution in [0.25, 0.3) is 0 Å². The fraction of sp³-hybridized carbons (Fsp3) is 1.00. The molecule has 0 aromatic rings. The van der Waals surface area contributed by atoms with E-state index in [1.807, 2.05) is 7.05 Å². The number of aliphatic hydroxyl groups excluding tert-OH is 1. The summed E-state index contributed by atoms with van der Waals surface area (Å²) in [6.45, 7) is 4.90. The van der Waals surface area contributed by atoms with Gasteiger partial charge in [0.15, 0.2) is 0 Å². The van der Waals surface area contributed by atoms with Crippen LogP contribution >= 0.6 is 0 Å². The highest BCUT2D eigenvalue weighted by molar-refractivity contribution is 4.79. The van der Waals surface area contributed by atoms with E-state index >= 15 is 0 Å². The molecule has 0 radical (unpaired) electrons. The predicted molar refractivity (Wildman–Crippen MR) is 59.4 cm³/mol. The highest BCUT2D eigenvalue weighted by atomic mass is 16.3. The second-order valence-corrected chi connectivity index (χ2v) is 4.20. The Morgan fingerprint density at radius 2 is 2.36 bits per heavy atom. The molecule has 3 heteroatoms. The smallest absolute Gasteiger partial charge is 0.0585 e. The highest BCUT2D eigenvalue weighted by Gasteiger charge is 2.22. The largest absolute Gasteiger partial charge is 0.395 e. The van der Waals surface area contributed by atoms with Crippen molar-refractivity contribution in [2.75, 3.05) is 26.7 Å². The molecule has 1 fully saturated rings. The molecular formula is C11H24N2O. The molecule has 1 aliphatic heterocycles. The van der Waals surface area contributed by atoms with E-state index in [0.29, 0.717) is 0 Å². The van der Waals surface area contributed by atoms with Crippen molar-refractivity contribution in [2.24, 2.45) is 0 Å². The zero-order valence-electron chi connectivity index (χ0n) is 9.50. The highest BCUT2D eigenvalue weighted by Crippen LogP contribution is 2.19. The Bertz CT molecular complexity index is 148. The minimum absolute atomic E-state index is 0.251. The second-order valence-electron chi connectivity index (χ2n) is 4.20. The van der Waals surface area contributed by atoms with Crippen LogP contribution in [0.4, 0.5) is 0 Å². The maximum Gasteiger partial charge on any atom is 0.0585 e. The summed E-state index contributed by atoms with van der Waals surface area (Å²) in [7, 11) is 1.92. The van der Waals surface area contributed by atoms with E-state index in [0.717, 1.165) is 19.0 Å². The fourth-order valence-electron chi connectivity index (χ4n) is 2.30. The van der Waals surface area contributed by atoms with Crippen molar-refractivity contribution in [2.45, 2.75) is 44.7 Å². The zero-order chi connectivity index (χ0) is 10.4. The number of rotatable bonds is 6. The average molecular weight is 200 g/mol. The number of aliphatic hydroxyl groups is 1. The van der Waals surface area contributed by atoms with Crippen LogP contribution in [-0.4, -0.2) is 48.8 Å². The lowest BCUT2D eigenvalue weighted by molar-refractivity contribution is 0.200. The lowest BCUT2D eigenvalue weighted by Gasteiger charge is -2.25. The lowest BCUT2D eigenvalue weighted by atomic mass is 10.1. The third kappa shape index (κ3) is 3.23. The van der Waals surface area contributed by atoms with Crippen molar-refractivity contribution >= 4 is 0 Å². The second kappa shape index (κ2) is 6.38. The summed E-state index contributed by atoms with van der Waals surface area (Å²) in [6, 6.07) is 1.07. The van der Waals surface area contributed by atoms with Gasteiger partial charge in [-0.25, -0.2) is 0 Å². The Morgan fingerprint density at radius 1 is 1.57 bits per heavy atom. The molecule has 0 aromatic carbocycles. The quantitative estimate of drug-likeness (QED) is 0.667. The van der Waals surface area contributed by atoms with E-state index in [2.05, 4.69) is 17.1 Å². The van der Waals surface area contributed by atoms with Gasteiger partial charge in [-0.15, -0.1) is 0 Å². The van der Waals surface area contributed by atoms with Gasteiger partial charge >= 0.3 is 0 Å². The maximum absolute atomic E-state index is 9.04. The fourth-order valence-corrected chi connectivity index (χ4v) is 2.30. The molecular weight excluding hydrogens is 176 g/mol. The summed E-state index contributed by atoms with van der Waals surface area (Å²) in [4.78, 5) is 2.57. The van der Waals surface area contributed by atoms with Crippen molar-refractivity contribution < 1.29 is 5.11 Å². The van der Waals surface area contributed by atoms with Crippen LogP contribution in [0, 0.1) is 0 Å². The van der Waals surface area contributed by atoms with Gasteiger partial charge in [-0.2, -0.15) is 0 Å². The first kappa shape index (κ1) is 12.0. The Hall–Kier alpha value is -0.120. The van der Waals surface area contributed by atoms with Gasteiger partial charge in [0.1, 0.15) is 0 Å². The summed E-state index contributed by atoms with van der Waals surface area (Å²) in [5.74, 6) is 0. The van der Waals surface area contributed by atoms with E-state index in [-0.39, 0.29) is 12.6 Å². The molecule has 1 heterocycles. The van der Waals surface area contributed by atoms with Gasteiger partial charge < -0.3 is 15.3 Å². The standard InChI is InChI=1S/C11H24N2O/c1-3-11-5-4-7-13(11)8-6-10(9-14)12-2/h10-12,14H,3-9H2,1-2H3. The number of hydrogen-bond acceptors (Lipinski definition) is 3. The normalized spacial score (nSPS) is 25.5. The number of likely N-dealkylation sites (tertiary alicyclic amines) is 1. The molecule has 2 N–H and O–H groups in total. The van der Waals surface area contributed by atoms with E-state index in [9.17, 15) is 0 Å². The summed E-state index contributed by atoms with van der Waals surface area (Å²) < 4.78 is 0. The molecule has 84 valence electrons. The molecule has 1 aliphatic rings. The molecule has 0 aliphatic carbocycles. The number of nitrogens with one attached hydrogen (secondary N) is 1. The Kier molecular flexibility index (Phi) is 5.45. The molecule has 2 unspecified atom stereocenters. The molecule has 0 aromatic heterocycles. The Labute approximate surface area is 87.5 Å². The van der Waals surface area contributed by atoms with Gasteiger partial charge in [0.25, 0.3) is 0 Å². The van der Waals surface area contributed by atoms with Crippen molar-refractivity contribution in [3.63, 3.8) is 0 Å². The van der Waals surface area contributed by atoms with E-state index in [1.165, 1.54) is 25.8 Å². The summed E-state index contributed by atoms with van der Waals surface area (Å²) in [5.41, 5.74) is 0. The van der Waals surface area contributed by atoms with Crippen LogP contribution in [-0.2, 0) is 0 Å². The molecule has 1 rings (SSSR count). The van der Waals surface area contributed by atoms with Crippen molar-refractivity contribution in [1.29, 1.82) is 0 Å². The minimum Gasteiger partial charge on any atom is -0.395 e. The summed E-state index contributed by atoms with van der Waals surface area (Å²) in [6.07, 6.45) is 5.04. The van der Waals surface area contributed by atoms with Crippen LogP contribution in [0.3, 0.4) is 0 Å². The van der Waals surface area contributed by atoms with Gasteiger partial charge in [-0.05, 0) is 45.8 Å². The third-order valence-electron chi connectivity index (χ3n) is 3.36. The monoisotopic (exact) mass is 200 g/mol. The maximum atomic E-state index is 9.04. The molecule has 14 heavy (non-hydrogen) atoms. The average Bonchev–Trinajstić information content (AvgIpc) is 2.67. The van der Waals surface area contributed by atoms with E-state index in [4.69, 9.17) is 5.11 Å². The molecule has 0 bridgehead atoms. The topological polar surface area (TPSA) is 35.5 Å². The van der Waals surface area contributed by atoms with Crippen molar-refractivity contribution in [3.05, 3.63) is 0 Å². The SMILES string of the molecule is CCC1CCCN1CCC(CO)NC. The molecule has 0 saturated carbocycles. The van der Waals surface area contributed by atoms with Gasteiger partial charge in [-0.3, -0.25) is 0 Å². The number of likely N-dealkylation sites (N-methyl/N-ethyl adjacent to an activating group) is 1. The summed E-state index contributed by atoms with van der Waals surface area (Å²) >= 11 is 0. The van der Waals surface area contributed by atoms with Crippen molar-refractivity contribution in [1.82, 2.24) is 10.2 Å².